The first-order valence-corrected chi connectivity index (χ1v) is 8.70. The minimum atomic E-state index is -0.643. The van der Waals surface area contributed by atoms with Gasteiger partial charge in [0.25, 0.3) is 0 Å². The zero-order valence-electron chi connectivity index (χ0n) is 15.0. The van der Waals surface area contributed by atoms with Crippen molar-refractivity contribution >= 4 is 11.0 Å². The lowest BCUT2D eigenvalue weighted by Gasteiger charge is -2.13. The fourth-order valence-corrected chi connectivity index (χ4v) is 3.19. The summed E-state index contributed by atoms with van der Waals surface area (Å²) >= 11 is 0. The average Bonchev–Trinajstić information content (AvgIpc) is 3.23. The van der Waals surface area contributed by atoms with Gasteiger partial charge in [-0.05, 0) is 38.1 Å². The number of fused-ring (bicyclic) bond motifs is 1. The van der Waals surface area contributed by atoms with E-state index < -0.39 is 11.6 Å². The van der Waals surface area contributed by atoms with Gasteiger partial charge in [0, 0.05) is 23.4 Å². The van der Waals surface area contributed by atoms with Crippen LogP contribution in [-0.2, 0) is 6.54 Å². The van der Waals surface area contributed by atoms with Gasteiger partial charge in [-0.25, -0.2) is 18.4 Å². The Morgan fingerprint density at radius 2 is 2.00 bits per heavy atom. The summed E-state index contributed by atoms with van der Waals surface area (Å²) in [6.45, 7) is 4.44. The maximum absolute atomic E-state index is 14.1. The van der Waals surface area contributed by atoms with Crippen molar-refractivity contribution in [2.75, 3.05) is 0 Å². The fourth-order valence-electron chi connectivity index (χ4n) is 3.19. The fraction of sp³-hybridized carbons (Fsp3) is 0.200. The predicted molar refractivity (Wildman–Crippen MR) is 99.6 cm³/mol. The molecule has 1 atom stereocenters. The van der Waals surface area contributed by atoms with Gasteiger partial charge >= 0.3 is 0 Å². The van der Waals surface area contributed by atoms with Crippen molar-refractivity contribution in [3.05, 3.63) is 77.4 Å². The Labute approximate surface area is 155 Å². The minimum absolute atomic E-state index is 0.0181. The first kappa shape index (κ1) is 17.4. The molecule has 0 unspecified atom stereocenters. The molecule has 0 aliphatic heterocycles. The molecule has 0 aliphatic rings. The lowest BCUT2D eigenvalue weighted by molar-refractivity contribution is 0.558. The number of aromatic amines is 1. The summed E-state index contributed by atoms with van der Waals surface area (Å²) in [7, 11) is 0. The van der Waals surface area contributed by atoms with E-state index in [9.17, 15) is 8.78 Å². The van der Waals surface area contributed by atoms with E-state index in [1.165, 1.54) is 16.8 Å². The molecule has 0 saturated heterocycles. The number of para-hydroxylation sites is 2. The highest BCUT2D eigenvalue weighted by molar-refractivity contribution is 5.74. The summed E-state index contributed by atoms with van der Waals surface area (Å²) in [5.74, 6) is -0.407. The van der Waals surface area contributed by atoms with Crippen molar-refractivity contribution in [3.8, 4) is 5.69 Å². The quantitative estimate of drug-likeness (QED) is 0.556. The third-order valence-electron chi connectivity index (χ3n) is 4.67. The summed E-state index contributed by atoms with van der Waals surface area (Å²) in [6, 6.07) is 11.3. The Hall–Kier alpha value is -3.06. The van der Waals surface area contributed by atoms with Crippen molar-refractivity contribution in [3.63, 3.8) is 0 Å². The van der Waals surface area contributed by atoms with Gasteiger partial charge in [0.2, 0.25) is 0 Å². The van der Waals surface area contributed by atoms with Gasteiger partial charge in [0.15, 0.2) is 5.82 Å². The summed E-state index contributed by atoms with van der Waals surface area (Å²) in [5, 5.41) is 7.68. The van der Waals surface area contributed by atoms with Crippen LogP contribution < -0.4 is 5.32 Å². The van der Waals surface area contributed by atoms with Crippen LogP contribution in [0.15, 0.2) is 48.7 Å². The van der Waals surface area contributed by atoms with Gasteiger partial charge < -0.3 is 10.3 Å². The number of benzene rings is 2. The molecule has 0 saturated carbocycles. The minimum Gasteiger partial charge on any atom is -0.341 e. The van der Waals surface area contributed by atoms with E-state index in [0.29, 0.717) is 6.54 Å². The molecule has 138 valence electrons. The Morgan fingerprint density at radius 1 is 1.19 bits per heavy atom. The van der Waals surface area contributed by atoms with Crippen molar-refractivity contribution in [2.45, 2.75) is 26.4 Å². The van der Waals surface area contributed by atoms with E-state index in [1.807, 2.05) is 38.1 Å². The van der Waals surface area contributed by atoms with Gasteiger partial charge in [0.1, 0.15) is 17.3 Å². The van der Waals surface area contributed by atoms with E-state index in [0.717, 1.165) is 34.2 Å². The van der Waals surface area contributed by atoms with Crippen LogP contribution in [0.25, 0.3) is 16.7 Å². The third kappa shape index (κ3) is 3.33. The summed E-state index contributed by atoms with van der Waals surface area (Å²) in [6.07, 6.45) is 1.70. The molecule has 7 heteroatoms. The smallest absolute Gasteiger partial charge is 0.151 e. The molecule has 4 rings (SSSR count). The second kappa shape index (κ2) is 6.92. The molecule has 0 spiro atoms. The molecule has 2 heterocycles. The van der Waals surface area contributed by atoms with Crippen LogP contribution in [0.1, 0.15) is 30.0 Å². The Kier molecular flexibility index (Phi) is 4.45. The summed E-state index contributed by atoms with van der Waals surface area (Å²) in [5.41, 5.74) is 3.89. The molecule has 2 N–H and O–H groups in total. The van der Waals surface area contributed by atoms with Crippen molar-refractivity contribution in [1.29, 1.82) is 0 Å². The summed E-state index contributed by atoms with van der Waals surface area (Å²) in [4.78, 5) is 7.83. The molecule has 4 aromatic rings. The molecule has 0 radical (unpaired) electrons. The van der Waals surface area contributed by atoms with E-state index in [4.69, 9.17) is 0 Å². The molecular formula is C20H19F2N5. The molecule has 0 bridgehead atoms. The van der Waals surface area contributed by atoms with Crippen molar-refractivity contribution in [2.24, 2.45) is 0 Å². The number of nitrogens with one attached hydrogen (secondary N) is 2. The number of rotatable bonds is 5. The molecule has 5 nitrogen and oxygen atoms in total. The lowest BCUT2D eigenvalue weighted by Crippen LogP contribution is -2.19. The molecule has 2 aromatic heterocycles. The van der Waals surface area contributed by atoms with Crippen LogP contribution in [0.4, 0.5) is 8.78 Å². The van der Waals surface area contributed by atoms with Gasteiger partial charge in [-0.2, -0.15) is 5.10 Å². The first-order chi connectivity index (χ1) is 13.0. The lowest BCUT2D eigenvalue weighted by atomic mass is 10.1. The third-order valence-corrected chi connectivity index (χ3v) is 4.67. The first-order valence-electron chi connectivity index (χ1n) is 8.70. The summed E-state index contributed by atoms with van der Waals surface area (Å²) < 4.78 is 28.7. The van der Waals surface area contributed by atoms with Crippen LogP contribution in [0, 0.1) is 18.6 Å². The van der Waals surface area contributed by atoms with E-state index >= 15 is 0 Å². The van der Waals surface area contributed by atoms with Crippen LogP contribution in [0.3, 0.4) is 0 Å². The zero-order chi connectivity index (χ0) is 19.0. The molecular weight excluding hydrogens is 348 g/mol. The number of hydrogen-bond acceptors (Lipinski definition) is 3. The highest BCUT2D eigenvalue weighted by Gasteiger charge is 2.16. The van der Waals surface area contributed by atoms with Crippen LogP contribution in [0.2, 0.25) is 0 Å². The average molecular weight is 367 g/mol. The van der Waals surface area contributed by atoms with E-state index in [2.05, 4.69) is 20.4 Å². The van der Waals surface area contributed by atoms with E-state index in [1.54, 1.807) is 6.20 Å². The highest BCUT2D eigenvalue weighted by atomic mass is 19.1. The largest absolute Gasteiger partial charge is 0.341 e. The van der Waals surface area contributed by atoms with Crippen molar-refractivity contribution < 1.29 is 8.78 Å². The van der Waals surface area contributed by atoms with Gasteiger partial charge in [-0.15, -0.1) is 0 Å². The predicted octanol–water partition coefficient (Wildman–Crippen LogP) is 4.19. The topological polar surface area (TPSA) is 58.5 Å². The van der Waals surface area contributed by atoms with Gasteiger partial charge in [-0.3, -0.25) is 0 Å². The molecule has 0 fully saturated rings. The highest BCUT2D eigenvalue weighted by Crippen LogP contribution is 2.22. The standard InChI is InChI=1S/C20H19F2N5/c1-12(23-11-20-25-17-5-3-4-6-18(17)26-20)15-10-24-27(13(15)2)19-8-7-14(21)9-16(19)22/h3-10,12,23H,11H2,1-2H3,(H,25,26)/t12-/m1/s1. The van der Waals surface area contributed by atoms with E-state index in [-0.39, 0.29) is 11.7 Å². The number of hydrogen-bond donors (Lipinski definition) is 2. The number of halogens is 2. The Bertz CT molecular complexity index is 1070. The number of nitrogens with zero attached hydrogens (tertiary/aromatic N) is 3. The second-order valence-corrected chi connectivity index (χ2v) is 6.50. The SMILES string of the molecule is Cc1c([C@@H](C)NCc2nc3ccccc3[nH]2)cnn1-c1ccc(F)cc1F. The maximum atomic E-state index is 14.1. The molecule has 0 aliphatic carbocycles. The number of H-pyrrole nitrogens is 1. The van der Waals surface area contributed by atoms with Crippen LogP contribution in [0.5, 0.6) is 0 Å². The Balaban J connectivity index is 1.52. The number of aromatic nitrogens is 4. The zero-order valence-corrected chi connectivity index (χ0v) is 15.0. The maximum Gasteiger partial charge on any atom is 0.151 e. The second-order valence-electron chi connectivity index (χ2n) is 6.50. The Morgan fingerprint density at radius 3 is 2.78 bits per heavy atom. The van der Waals surface area contributed by atoms with Gasteiger partial charge in [-0.1, -0.05) is 12.1 Å². The normalized spacial score (nSPS) is 12.6. The van der Waals surface area contributed by atoms with Gasteiger partial charge in [0.05, 0.1) is 23.8 Å². The molecule has 27 heavy (non-hydrogen) atoms. The monoisotopic (exact) mass is 367 g/mol. The van der Waals surface area contributed by atoms with Crippen LogP contribution in [-0.4, -0.2) is 19.7 Å². The van der Waals surface area contributed by atoms with Crippen LogP contribution >= 0.6 is 0 Å². The molecule has 0 amide bonds. The molecule has 2 aromatic carbocycles. The number of imidazole rings is 1. The van der Waals surface area contributed by atoms with Crippen molar-refractivity contribution in [1.82, 2.24) is 25.1 Å².